The number of nitrogens with zero attached hydrogens (tertiary/aromatic N) is 3. The molecule has 1 aromatic carbocycles. The maximum absolute atomic E-state index is 12.3. The maximum Gasteiger partial charge on any atom is 0.269 e. The van der Waals surface area contributed by atoms with Gasteiger partial charge in [0.1, 0.15) is 21.6 Å². The van der Waals surface area contributed by atoms with E-state index in [1.165, 1.54) is 0 Å². The minimum Gasteiger partial charge on any atom is -0.497 e. The Labute approximate surface area is 166 Å². The highest BCUT2D eigenvalue weighted by molar-refractivity contribution is 6.41. The molecule has 0 aliphatic rings. The zero-order valence-corrected chi connectivity index (χ0v) is 16.4. The molecule has 1 amide bonds. The van der Waals surface area contributed by atoms with Crippen LogP contribution in [0, 0.1) is 6.92 Å². The van der Waals surface area contributed by atoms with Crippen LogP contribution in [-0.4, -0.2) is 39.5 Å². The summed E-state index contributed by atoms with van der Waals surface area (Å²) in [5, 5.41) is 14.9. The van der Waals surface area contributed by atoms with Crippen molar-refractivity contribution < 1.29 is 9.53 Å². The molecule has 0 saturated carbocycles. The first-order chi connectivity index (χ1) is 13.0. The van der Waals surface area contributed by atoms with Crippen molar-refractivity contribution in [3.63, 3.8) is 0 Å². The smallest absolute Gasteiger partial charge is 0.269 e. The number of aromatic amines is 1. The van der Waals surface area contributed by atoms with E-state index in [0.717, 1.165) is 11.3 Å². The Morgan fingerprint density at radius 2 is 2.04 bits per heavy atom. The third-order valence-electron chi connectivity index (χ3n) is 4.04. The largest absolute Gasteiger partial charge is 0.497 e. The third kappa shape index (κ3) is 4.43. The lowest BCUT2D eigenvalue weighted by atomic mass is 10.1. The molecule has 0 unspecified atom stereocenters. The predicted octanol–water partition coefficient (Wildman–Crippen LogP) is 3.72. The minimum absolute atomic E-state index is 0.219. The van der Waals surface area contributed by atoms with E-state index in [4.69, 9.17) is 27.9 Å². The van der Waals surface area contributed by atoms with Gasteiger partial charge in [0, 0.05) is 18.7 Å². The third-order valence-corrected chi connectivity index (χ3v) is 4.97. The van der Waals surface area contributed by atoms with Gasteiger partial charge in [0.05, 0.1) is 18.5 Å². The van der Waals surface area contributed by atoms with Crippen molar-refractivity contribution in [3.05, 3.63) is 51.9 Å². The van der Waals surface area contributed by atoms with Gasteiger partial charge in [0.15, 0.2) is 0 Å². The Morgan fingerprint density at radius 1 is 1.30 bits per heavy atom. The van der Waals surface area contributed by atoms with E-state index in [1.54, 1.807) is 24.8 Å². The second kappa shape index (κ2) is 8.45. The molecule has 0 bridgehead atoms. The molecule has 2 heterocycles. The number of benzene rings is 1. The molecule has 0 aliphatic heterocycles. The van der Waals surface area contributed by atoms with Crippen LogP contribution in [0.2, 0.25) is 10.2 Å². The molecular formula is C18H19Cl2N5O2. The van der Waals surface area contributed by atoms with Crippen LogP contribution in [0.3, 0.4) is 0 Å². The van der Waals surface area contributed by atoms with Crippen molar-refractivity contribution in [1.29, 1.82) is 0 Å². The second-order valence-electron chi connectivity index (χ2n) is 5.92. The number of halogens is 2. The van der Waals surface area contributed by atoms with E-state index < -0.39 is 0 Å². The molecule has 0 fully saturated rings. The Bertz CT molecular complexity index is 934. The summed E-state index contributed by atoms with van der Waals surface area (Å²) < 4.78 is 6.76. The summed E-state index contributed by atoms with van der Waals surface area (Å²) in [6.07, 6.45) is 0.669. The van der Waals surface area contributed by atoms with Crippen LogP contribution in [0.5, 0.6) is 5.75 Å². The first-order valence-corrected chi connectivity index (χ1v) is 9.11. The van der Waals surface area contributed by atoms with Crippen molar-refractivity contribution in [2.75, 3.05) is 13.7 Å². The molecular weight excluding hydrogens is 389 g/mol. The second-order valence-corrected chi connectivity index (χ2v) is 6.65. The monoisotopic (exact) mass is 407 g/mol. The zero-order chi connectivity index (χ0) is 19.4. The van der Waals surface area contributed by atoms with E-state index in [2.05, 4.69) is 20.6 Å². The van der Waals surface area contributed by atoms with Gasteiger partial charge in [-0.2, -0.15) is 10.2 Å². The van der Waals surface area contributed by atoms with Gasteiger partial charge in [0.2, 0.25) is 0 Å². The molecule has 3 aromatic rings. The number of hydrogen-bond donors (Lipinski definition) is 2. The molecule has 0 aliphatic carbocycles. The maximum atomic E-state index is 12.3. The van der Waals surface area contributed by atoms with Crippen molar-refractivity contribution in [1.82, 2.24) is 25.3 Å². The molecule has 2 N–H and O–H groups in total. The zero-order valence-electron chi connectivity index (χ0n) is 14.9. The van der Waals surface area contributed by atoms with Crippen LogP contribution in [-0.2, 0) is 6.54 Å². The molecule has 0 radical (unpaired) electrons. The molecule has 7 nitrogen and oxygen atoms in total. The van der Waals surface area contributed by atoms with Gasteiger partial charge in [-0.1, -0.05) is 23.2 Å². The number of carbonyl (C=O) groups is 1. The highest BCUT2D eigenvalue weighted by Gasteiger charge is 2.12. The van der Waals surface area contributed by atoms with Gasteiger partial charge in [-0.05, 0) is 43.7 Å². The molecule has 0 spiro atoms. The van der Waals surface area contributed by atoms with Crippen LogP contribution in [0.4, 0.5) is 0 Å². The van der Waals surface area contributed by atoms with E-state index in [-0.39, 0.29) is 5.91 Å². The van der Waals surface area contributed by atoms with Gasteiger partial charge in [-0.3, -0.25) is 14.6 Å². The lowest BCUT2D eigenvalue weighted by Gasteiger charge is -2.05. The lowest BCUT2D eigenvalue weighted by Crippen LogP contribution is -2.25. The van der Waals surface area contributed by atoms with E-state index in [9.17, 15) is 4.79 Å². The Morgan fingerprint density at radius 3 is 2.67 bits per heavy atom. The van der Waals surface area contributed by atoms with Crippen molar-refractivity contribution >= 4 is 29.1 Å². The number of aryl methyl sites for hydroxylation is 2. The van der Waals surface area contributed by atoms with Gasteiger partial charge >= 0.3 is 0 Å². The number of amides is 1. The number of aromatic nitrogens is 4. The Kier molecular flexibility index (Phi) is 6.03. The van der Waals surface area contributed by atoms with Gasteiger partial charge in [-0.25, -0.2) is 0 Å². The van der Waals surface area contributed by atoms with E-state index in [0.29, 0.717) is 46.8 Å². The van der Waals surface area contributed by atoms with Gasteiger partial charge in [-0.15, -0.1) is 0 Å². The number of nitrogens with one attached hydrogen (secondary N) is 2. The average molecular weight is 408 g/mol. The van der Waals surface area contributed by atoms with Crippen LogP contribution in [0.15, 0.2) is 30.3 Å². The molecule has 9 heteroatoms. The fourth-order valence-electron chi connectivity index (χ4n) is 2.55. The van der Waals surface area contributed by atoms with Gasteiger partial charge in [0.25, 0.3) is 5.91 Å². The van der Waals surface area contributed by atoms with Crippen LogP contribution < -0.4 is 10.1 Å². The summed E-state index contributed by atoms with van der Waals surface area (Å²) in [5.74, 6) is 0.545. The summed E-state index contributed by atoms with van der Waals surface area (Å²) in [7, 11) is 1.61. The highest BCUT2D eigenvalue weighted by Crippen LogP contribution is 2.25. The number of carbonyl (C=O) groups excluding carboxylic acids is 1. The lowest BCUT2D eigenvalue weighted by molar-refractivity contribution is 0.0947. The van der Waals surface area contributed by atoms with Crippen LogP contribution in [0.25, 0.3) is 11.3 Å². The van der Waals surface area contributed by atoms with Crippen molar-refractivity contribution in [2.24, 2.45) is 0 Å². The van der Waals surface area contributed by atoms with Gasteiger partial charge < -0.3 is 10.1 Å². The first kappa shape index (κ1) is 19.3. The summed E-state index contributed by atoms with van der Waals surface area (Å²) >= 11 is 12.1. The Balaban J connectivity index is 1.52. The Hall–Kier alpha value is -2.51. The quantitative estimate of drug-likeness (QED) is 0.584. The van der Waals surface area contributed by atoms with Crippen LogP contribution >= 0.6 is 23.2 Å². The molecule has 142 valence electrons. The molecule has 3 rings (SSSR count). The standard InChI is InChI=1S/C18H19Cl2N5O2/c1-11-16(19)17(20)25(24-11)9-3-8-21-18(26)15-10-14(22-23-15)12-4-6-13(27-2)7-5-12/h4-7,10H,3,8-9H2,1-2H3,(H,21,26)(H,22,23). The number of ether oxygens (including phenoxy) is 1. The summed E-state index contributed by atoms with van der Waals surface area (Å²) in [6.45, 7) is 2.83. The van der Waals surface area contributed by atoms with E-state index >= 15 is 0 Å². The highest BCUT2D eigenvalue weighted by atomic mass is 35.5. The fourth-order valence-corrected chi connectivity index (χ4v) is 2.95. The van der Waals surface area contributed by atoms with Crippen molar-refractivity contribution in [2.45, 2.75) is 19.9 Å². The first-order valence-electron chi connectivity index (χ1n) is 8.36. The normalized spacial score (nSPS) is 10.8. The van der Waals surface area contributed by atoms with Crippen LogP contribution in [0.1, 0.15) is 22.6 Å². The molecule has 0 saturated heterocycles. The van der Waals surface area contributed by atoms with Crippen molar-refractivity contribution in [3.8, 4) is 17.0 Å². The predicted molar refractivity (Wildman–Crippen MR) is 105 cm³/mol. The molecule has 2 aromatic heterocycles. The fraction of sp³-hybridized carbons (Fsp3) is 0.278. The number of rotatable bonds is 7. The van der Waals surface area contributed by atoms with E-state index in [1.807, 2.05) is 24.3 Å². The molecule has 27 heavy (non-hydrogen) atoms. The number of methoxy groups -OCH3 is 1. The summed E-state index contributed by atoms with van der Waals surface area (Å²) in [6, 6.07) is 9.18. The number of H-pyrrole nitrogens is 1. The number of hydrogen-bond acceptors (Lipinski definition) is 4. The topological polar surface area (TPSA) is 84.8 Å². The summed E-state index contributed by atoms with van der Waals surface area (Å²) in [5.41, 5.74) is 2.67. The SMILES string of the molecule is COc1ccc(-c2cc(C(=O)NCCCn3nc(C)c(Cl)c3Cl)[nH]n2)cc1. The average Bonchev–Trinajstić information content (AvgIpc) is 3.27. The summed E-state index contributed by atoms with van der Waals surface area (Å²) in [4.78, 5) is 12.3. The minimum atomic E-state index is -0.219. The molecule has 0 atom stereocenters.